The van der Waals surface area contributed by atoms with Gasteiger partial charge in [0.1, 0.15) is 5.54 Å². The monoisotopic (exact) mass is 209 g/mol. The molecule has 0 aromatic carbocycles. The van der Waals surface area contributed by atoms with Gasteiger partial charge in [-0.15, -0.1) is 12.4 Å². The number of hydrogen-bond donors (Lipinski definition) is 3. The van der Waals surface area contributed by atoms with Gasteiger partial charge >= 0.3 is 11.9 Å². The summed E-state index contributed by atoms with van der Waals surface area (Å²) < 4.78 is 0. The van der Waals surface area contributed by atoms with Crippen molar-refractivity contribution in [1.82, 2.24) is 0 Å². The van der Waals surface area contributed by atoms with Gasteiger partial charge in [0.2, 0.25) is 0 Å². The van der Waals surface area contributed by atoms with Gasteiger partial charge in [-0.1, -0.05) is 6.42 Å². The van der Waals surface area contributed by atoms with Gasteiger partial charge in [0.05, 0.1) is 5.92 Å². The van der Waals surface area contributed by atoms with E-state index < -0.39 is 23.4 Å². The summed E-state index contributed by atoms with van der Waals surface area (Å²) in [6, 6.07) is 0. The molecule has 2 atom stereocenters. The third kappa shape index (κ3) is 1.92. The topological polar surface area (TPSA) is 101 Å². The maximum absolute atomic E-state index is 10.6. The van der Waals surface area contributed by atoms with E-state index in [1.807, 2.05) is 0 Å². The Balaban J connectivity index is 0.00000144. The van der Waals surface area contributed by atoms with Crippen LogP contribution in [0.1, 0.15) is 19.3 Å². The molecule has 13 heavy (non-hydrogen) atoms. The zero-order chi connectivity index (χ0) is 9.35. The molecular formula is C7H12ClNO4. The van der Waals surface area contributed by atoms with E-state index in [4.69, 9.17) is 15.9 Å². The van der Waals surface area contributed by atoms with Crippen LogP contribution in [0.25, 0.3) is 0 Å². The molecule has 1 aliphatic rings. The summed E-state index contributed by atoms with van der Waals surface area (Å²) in [6.07, 6.45) is 1.18. The number of rotatable bonds is 2. The first-order chi connectivity index (χ1) is 5.48. The summed E-state index contributed by atoms with van der Waals surface area (Å²) >= 11 is 0. The average molecular weight is 210 g/mol. The molecule has 5 nitrogen and oxygen atoms in total. The Hall–Kier alpha value is -0.810. The first-order valence-electron chi connectivity index (χ1n) is 3.73. The Bertz CT molecular complexity index is 233. The largest absolute Gasteiger partial charge is 0.481 e. The second-order valence-corrected chi connectivity index (χ2v) is 3.13. The van der Waals surface area contributed by atoms with Crippen molar-refractivity contribution in [3.8, 4) is 0 Å². The maximum atomic E-state index is 10.6. The third-order valence-electron chi connectivity index (χ3n) is 2.40. The molecule has 6 heteroatoms. The number of nitrogens with two attached hydrogens (primary N) is 1. The van der Waals surface area contributed by atoms with E-state index in [1.165, 1.54) is 0 Å². The quantitative estimate of drug-likeness (QED) is 0.598. The normalized spacial score (nSPS) is 32.2. The van der Waals surface area contributed by atoms with Crippen LogP contribution in [0, 0.1) is 5.92 Å². The van der Waals surface area contributed by atoms with Crippen molar-refractivity contribution in [3.05, 3.63) is 0 Å². The highest BCUT2D eigenvalue weighted by Crippen LogP contribution is 2.33. The van der Waals surface area contributed by atoms with E-state index in [2.05, 4.69) is 0 Å². The van der Waals surface area contributed by atoms with Crippen molar-refractivity contribution in [1.29, 1.82) is 0 Å². The summed E-state index contributed by atoms with van der Waals surface area (Å²) in [6.45, 7) is 0. The smallest absolute Gasteiger partial charge is 0.324 e. The molecule has 76 valence electrons. The van der Waals surface area contributed by atoms with Crippen LogP contribution in [0.2, 0.25) is 0 Å². The zero-order valence-corrected chi connectivity index (χ0v) is 7.71. The highest BCUT2D eigenvalue weighted by atomic mass is 35.5. The fourth-order valence-electron chi connectivity index (χ4n) is 1.63. The Labute approximate surface area is 81.3 Å². The lowest BCUT2D eigenvalue weighted by Crippen LogP contribution is -2.53. The van der Waals surface area contributed by atoms with Crippen LogP contribution in [0.5, 0.6) is 0 Å². The number of carbonyl (C=O) groups is 2. The van der Waals surface area contributed by atoms with Crippen molar-refractivity contribution >= 4 is 24.3 Å². The molecule has 0 saturated heterocycles. The predicted octanol–water partition coefficient (Wildman–Crippen LogP) is 0.0750. The summed E-state index contributed by atoms with van der Waals surface area (Å²) in [5.41, 5.74) is 3.92. The highest BCUT2D eigenvalue weighted by molar-refractivity contribution is 5.87. The summed E-state index contributed by atoms with van der Waals surface area (Å²) in [5.74, 6) is -3.26. The molecule has 1 rings (SSSR count). The van der Waals surface area contributed by atoms with Crippen LogP contribution in [0.3, 0.4) is 0 Å². The summed E-state index contributed by atoms with van der Waals surface area (Å²) in [7, 11) is 0. The SMILES string of the molecule is Cl.NC1(C(=O)O)CCCC1C(=O)O. The summed E-state index contributed by atoms with van der Waals surface area (Å²) in [5, 5.41) is 17.4. The molecule has 4 N–H and O–H groups in total. The van der Waals surface area contributed by atoms with Crippen LogP contribution in [-0.4, -0.2) is 27.7 Å². The maximum Gasteiger partial charge on any atom is 0.324 e. The third-order valence-corrected chi connectivity index (χ3v) is 2.40. The lowest BCUT2D eigenvalue weighted by atomic mass is 9.88. The Morgan fingerprint density at radius 3 is 2.23 bits per heavy atom. The van der Waals surface area contributed by atoms with Crippen molar-refractivity contribution in [2.24, 2.45) is 11.7 Å². The van der Waals surface area contributed by atoms with Gasteiger partial charge in [-0.25, -0.2) is 0 Å². The second-order valence-electron chi connectivity index (χ2n) is 3.13. The van der Waals surface area contributed by atoms with E-state index in [9.17, 15) is 9.59 Å². The second kappa shape index (κ2) is 3.93. The van der Waals surface area contributed by atoms with Gasteiger partial charge in [-0.05, 0) is 12.8 Å². The van der Waals surface area contributed by atoms with E-state index in [1.54, 1.807) is 0 Å². The standard InChI is InChI=1S/C7H11NO4.ClH/c8-7(6(11)12)3-1-2-4(7)5(9)10;/h4H,1-3,8H2,(H,9,10)(H,11,12);1H. The van der Waals surface area contributed by atoms with Crippen molar-refractivity contribution in [2.75, 3.05) is 0 Å². The lowest BCUT2D eigenvalue weighted by molar-refractivity contribution is -0.153. The molecule has 0 bridgehead atoms. The number of carboxylic acids is 2. The molecule has 0 aromatic heterocycles. The lowest BCUT2D eigenvalue weighted by Gasteiger charge is -2.22. The van der Waals surface area contributed by atoms with E-state index in [-0.39, 0.29) is 18.8 Å². The molecule has 1 saturated carbocycles. The van der Waals surface area contributed by atoms with E-state index in [0.29, 0.717) is 12.8 Å². The number of halogens is 1. The van der Waals surface area contributed by atoms with Crippen LogP contribution in [-0.2, 0) is 9.59 Å². The van der Waals surface area contributed by atoms with Crippen molar-refractivity contribution in [2.45, 2.75) is 24.8 Å². The molecule has 0 spiro atoms. The number of aliphatic carboxylic acids is 2. The average Bonchev–Trinajstić information content (AvgIpc) is 2.32. The molecule has 0 aliphatic heterocycles. The fourth-order valence-corrected chi connectivity index (χ4v) is 1.63. The van der Waals surface area contributed by atoms with Gasteiger partial charge in [-0.3, -0.25) is 9.59 Å². The number of carboxylic acid groups (broad SMARTS) is 2. The molecule has 0 radical (unpaired) electrons. The first-order valence-corrected chi connectivity index (χ1v) is 3.73. The van der Waals surface area contributed by atoms with E-state index >= 15 is 0 Å². The minimum absolute atomic E-state index is 0. The number of hydrogen-bond acceptors (Lipinski definition) is 3. The van der Waals surface area contributed by atoms with Crippen LogP contribution >= 0.6 is 12.4 Å². The van der Waals surface area contributed by atoms with Crippen LogP contribution < -0.4 is 5.73 Å². The van der Waals surface area contributed by atoms with Gasteiger partial charge in [-0.2, -0.15) is 0 Å². The first kappa shape index (κ1) is 12.2. The molecule has 0 heterocycles. The fraction of sp³-hybridized carbons (Fsp3) is 0.714. The molecule has 0 aromatic rings. The van der Waals surface area contributed by atoms with Crippen LogP contribution in [0.15, 0.2) is 0 Å². The van der Waals surface area contributed by atoms with Gasteiger partial charge < -0.3 is 15.9 Å². The minimum Gasteiger partial charge on any atom is -0.481 e. The molecule has 1 fully saturated rings. The Kier molecular flexibility index (Phi) is 3.69. The molecule has 0 amide bonds. The van der Waals surface area contributed by atoms with E-state index in [0.717, 1.165) is 0 Å². The van der Waals surface area contributed by atoms with Gasteiger partial charge in [0.15, 0.2) is 0 Å². The van der Waals surface area contributed by atoms with Crippen molar-refractivity contribution in [3.63, 3.8) is 0 Å². The Morgan fingerprint density at radius 1 is 1.38 bits per heavy atom. The molecular weight excluding hydrogens is 198 g/mol. The van der Waals surface area contributed by atoms with Gasteiger partial charge in [0.25, 0.3) is 0 Å². The molecule has 2 unspecified atom stereocenters. The van der Waals surface area contributed by atoms with Gasteiger partial charge in [0, 0.05) is 0 Å². The van der Waals surface area contributed by atoms with Crippen molar-refractivity contribution < 1.29 is 19.8 Å². The van der Waals surface area contributed by atoms with Crippen LogP contribution in [0.4, 0.5) is 0 Å². The predicted molar refractivity (Wildman–Crippen MR) is 46.8 cm³/mol. The molecule has 1 aliphatic carbocycles. The Morgan fingerprint density at radius 2 is 1.92 bits per heavy atom. The minimum atomic E-state index is -1.55. The zero-order valence-electron chi connectivity index (χ0n) is 6.90. The summed E-state index contributed by atoms with van der Waals surface area (Å²) in [4.78, 5) is 21.2. The highest BCUT2D eigenvalue weighted by Gasteiger charge is 2.49.